The molecule has 0 aromatic carbocycles. The Morgan fingerprint density at radius 2 is 0.647 bits per heavy atom. The SMILES string of the molecule is CCCCCCCCCCCCCCCCNC(O)CCCCCCCCCCCCCCC. The van der Waals surface area contributed by atoms with Crippen molar-refractivity contribution in [1.29, 1.82) is 0 Å². The molecule has 34 heavy (non-hydrogen) atoms. The van der Waals surface area contributed by atoms with Crippen LogP contribution in [0.5, 0.6) is 0 Å². The Bertz CT molecular complexity index is 346. The maximum atomic E-state index is 10.1. The topological polar surface area (TPSA) is 32.3 Å². The average molecular weight is 482 g/mol. The summed E-state index contributed by atoms with van der Waals surface area (Å²) >= 11 is 0. The van der Waals surface area contributed by atoms with Crippen LogP contribution in [-0.4, -0.2) is 17.9 Å². The van der Waals surface area contributed by atoms with Gasteiger partial charge in [0, 0.05) is 0 Å². The highest BCUT2D eigenvalue weighted by atomic mass is 16.3. The van der Waals surface area contributed by atoms with Gasteiger partial charge in [-0.25, -0.2) is 0 Å². The van der Waals surface area contributed by atoms with Gasteiger partial charge in [0.15, 0.2) is 0 Å². The minimum Gasteiger partial charge on any atom is -0.379 e. The van der Waals surface area contributed by atoms with Crippen LogP contribution < -0.4 is 5.32 Å². The number of unbranched alkanes of at least 4 members (excludes halogenated alkanes) is 25. The molecule has 2 nitrogen and oxygen atoms in total. The van der Waals surface area contributed by atoms with Crippen LogP contribution in [-0.2, 0) is 0 Å². The second kappa shape index (κ2) is 31.0. The molecule has 0 fully saturated rings. The zero-order chi connectivity index (χ0) is 24.8. The number of aliphatic hydroxyl groups is 1. The Kier molecular flexibility index (Phi) is 30.9. The number of nitrogens with one attached hydrogen (secondary N) is 1. The summed E-state index contributed by atoms with van der Waals surface area (Å²) in [4.78, 5) is 0. The number of hydrogen-bond acceptors (Lipinski definition) is 2. The quantitative estimate of drug-likeness (QED) is 0.0789. The molecule has 0 aliphatic carbocycles. The highest BCUT2D eigenvalue weighted by Gasteiger charge is 2.02. The summed E-state index contributed by atoms with van der Waals surface area (Å²) in [6.45, 7) is 5.57. The Morgan fingerprint density at radius 3 is 0.971 bits per heavy atom. The summed E-state index contributed by atoms with van der Waals surface area (Å²) in [6, 6.07) is 0. The molecule has 0 heterocycles. The second-order valence-electron chi connectivity index (χ2n) is 11.1. The molecule has 0 saturated heterocycles. The highest BCUT2D eigenvalue weighted by molar-refractivity contribution is 4.56. The fourth-order valence-electron chi connectivity index (χ4n) is 5.05. The van der Waals surface area contributed by atoms with Gasteiger partial charge in [-0.3, -0.25) is 5.32 Å². The molecule has 2 heteroatoms. The van der Waals surface area contributed by atoms with Crippen molar-refractivity contribution >= 4 is 0 Å². The highest BCUT2D eigenvalue weighted by Crippen LogP contribution is 2.14. The number of aliphatic hydroxyl groups excluding tert-OH is 1. The molecule has 0 aromatic heterocycles. The largest absolute Gasteiger partial charge is 0.379 e. The zero-order valence-corrected chi connectivity index (χ0v) is 24.0. The van der Waals surface area contributed by atoms with Gasteiger partial charge in [0.05, 0.1) is 0 Å². The van der Waals surface area contributed by atoms with E-state index in [1.54, 1.807) is 0 Å². The van der Waals surface area contributed by atoms with Crippen LogP contribution in [0, 0.1) is 0 Å². The lowest BCUT2D eigenvalue weighted by atomic mass is 10.0. The van der Waals surface area contributed by atoms with Crippen molar-refractivity contribution in [3.8, 4) is 0 Å². The second-order valence-corrected chi connectivity index (χ2v) is 11.1. The Hall–Kier alpha value is -0.0800. The molecule has 0 radical (unpaired) electrons. The van der Waals surface area contributed by atoms with E-state index in [1.165, 1.54) is 173 Å². The zero-order valence-electron chi connectivity index (χ0n) is 24.0. The van der Waals surface area contributed by atoms with Gasteiger partial charge < -0.3 is 5.11 Å². The fraction of sp³-hybridized carbons (Fsp3) is 1.00. The summed E-state index contributed by atoms with van der Waals surface area (Å²) in [7, 11) is 0. The smallest absolute Gasteiger partial charge is 0.104 e. The fourth-order valence-corrected chi connectivity index (χ4v) is 5.05. The van der Waals surface area contributed by atoms with Gasteiger partial charge >= 0.3 is 0 Å². The average Bonchev–Trinajstić information content (AvgIpc) is 2.84. The summed E-state index contributed by atoms with van der Waals surface area (Å²) in [5.41, 5.74) is 0. The molecule has 0 spiro atoms. The van der Waals surface area contributed by atoms with E-state index in [2.05, 4.69) is 19.2 Å². The van der Waals surface area contributed by atoms with Crippen molar-refractivity contribution in [3.05, 3.63) is 0 Å². The first-order valence-electron chi connectivity index (χ1n) is 16.2. The summed E-state index contributed by atoms with van der Waals surface area (Å²) in [5.74, 6) is 0. The van der Waals surface area contributed by atoms with Gasteiger partial charge in [0.25, 0.3) is 0 Å². The third kappa shape index (κ3) is 30.0. The molecule has 1 unspecified atom stereocenters. The molecular formula is C32H67NO. The van der Waals surface area contributed by atoms with Crippen molar-refractivity contribution in [2.24, 2.45) is 0 Å². The van der Waals surface area contributed by atoms with Crippen LogP contribution in [0.4, 0.5) is 0 Å². The predicted molar refractivity (Wildman–Crippen MR) is 155 cm³/mol. The third-order valence-electron chi connectivity index (χ3n) is 7.49. The van der Waals surface area contributed by atoms with E-state index in [9.17, 15) is 5.11 Å². The van der Waals surface area contributed by atoms with Gasteiger partial charge in [0.2, 0.25) is 0 Å². The van der Waals surface area contributed by atoms with Gasteiger partial charge in [0.1, 0.15) is 6.23 Å². The molecule has 0 aliphatic rings. The van der Waals surface area contributed by atoms with Crippen LogP contribution in [0.25, 0.3) is 0 Å². The monoisotopic (exact) mass is 482 g/mol. The first-order chi connectivity index (χ1) is 16.8. The molecule has 1 atom stereocenters. The minimum atomic E-state index is -0.283. The van der Waals surface area contributed by atoms with Crippen molar-refractivity contribution in [1.82, 2.24) is 5.32 Å². The Balaban J connectivity index is 3.13. The van der Waals surface area contributed by atoms with E-state index in [0.29, 0.717) is 0 Å². The predicted octanol–water partition coefficient (Wildman–Crippen LogP) is 10.9. The molecular weight excluding hydrogens is 414 g/mol. The number of rotatable bonds is 30. The number of hydrogen-bond donors (Lipinski definition) is 2. The van der Waals surface area contributed by atoms with Crippen LogP contribution in [0.15, 0.2) is 0 Å². The van der Waals surface area contributed by atoms with Crippen molar-refractivity contribution in [3.63, 3.8) is 0 Å². The summed E-state index contributed by atoms with van der Waals surface area (Å²) in [6.07, 6.45) is 38.3. The van der Waals surface area contributed by atoms with Crippen molar-refractivity contribution < 1.29 is 5.11 Å². The molecule has 0 saturated carbocycles. The maximum Gasteiger partial charge on any atom is 0.104 e. The molecule has 206 valence electrons. The van der Waals surface area contributed by atoms with Crippen LogP contribution in [0.2, 0.25) is 0 Å². The Morgan fingerprint density at radius 1 is 0.382 bits per heavy atom. The molecule has 0 rings (SSSR count). The van der Waals surface area contributed by atoms with Gasteiger partial charge in [-0.2, -0.15) is 0 Å². The van der Waals surface area contributed by atoms with Crippen LogP contribution in [0.1, 0.15) is 194 Å². The first-order valence-corrected chi connectivity index (χ1v) is 16.2. The third-order valence-corrected chi connectivity index (χ3v) is 7.49. The van der Waals surface area contributed by atoms with Crippen LogP contribution in [0.3, 0.4) is 0 Å². The van der Waals surface area contributed by atoms with E-state index in [1.807, 2.05) is 0 Å². The molecule has 0 bridgehead atoms. The lowest BCUT2D eigenvalue weighted by Gasteiger charge is -2.12. The normalized spacial score (nSPS) is 12.4. The minimum absolute atomic E-state index is 0.283. The van der Waals surface area contributed by atoms with Gasteiger partial charge in [-0.15, -0.1) is 0 Å². The van der Waals surface area contributed by atoms with Gasteiger partial charge in [-0.05, 0) is 25.8 Å². The van der Waals surface area contributed by atoms with E-state index in [0.717, 1.165) is 13.0 Å². The van der Waals surface area contributed by atoms with E-state index >= 15 is 0 Å². The van der Waals surface area contributed by atoms with Gasteiger partial charge in [-0.1, -0.05) is 174 Å². The lowest BCUT2D eigenvalue weighted by Crippen LogP contribution is -2.29. The molecule has 2 N–H and O–H groups in total. The Labute approximate surface area is 216 Å². The van der Waals surface area contributed by atoms with Crippen molar-refractivity contribution in [2.45, 2.75) is 200 Å². The lowest BCUT2D eigenvalue weighted by molar-refractivity contribution is 0.124. The van der Waals surface area contributed by atoms with Crippen LogP contribution >= 0.6 is 0 Å². The molecule has 0 aliphatic heterocycles. The van der Waals surface area contributed by atoms with E-state index in [4.69, 9.17) is 0 Å². The summed E-state index contributed by atoms with van der Waals surface area (Å²) in [5, 5.41) is 13.4. The summed E-state index contributed by atoms with van der Waals surface area (Å²) < 4.78 is 0. The molecule has 0 amide bonds. The standard InChI is InChI=1S/C32H67NO/c1-3-5-7-9-11-13-15-17-19-21-23-25-27-29-31-33-32(34)30-28-26-24-22-20-18-16-14-12-10-8-6-4-2/h32-34H,3-31H2,1-2H3. The molecule has 0 aromatic rings. The van der Waals surface area contributed by atoms with E-state index < -0.39 is 0 Å². The van der Waals surface area contributed by atoms with Crippen molar-refractivity contribution in [2.75, 3.05) is 6.54 Å². The first kappa shape index (κ1) is 33.9. The van der Waals surface area contributed by atoms with E-state index in [-0.39, 0.29) is 6.23 Å². The maximum absolute atomic E-state index is 10.1.